The molecule has 9 heteroatoms. The molecule has 1 amide bonds. The van der Waals surface area contributed by atoms with Crippen molar-refractivity contribution in [3.63, 3.8) is 0 Å². The molecule has 3 rings (SSSR count). The summed E-state index contributed by atoms with van der Waals surface area (Å²) >= 11 is 0. The second-order valence-corrected chi connectivity index (χ2v) is 7.16. The van der Waals surface area contributed by atoms with E-state index in [1.165, 1.54) is 12.4 Å². The first kappa shape index (κ1) is 19.2. The third-order valence-corrected chi connectivity index (χ3v) is 5.28. The van der Waals surface area contributed by atoms with Crippen LogP contribution in [0.5, 0.6) is 5.75 Å². The van der Waals surface area contributed by atoms with E-state index >= 15 is 0 Å². The highest BCUT2D eigenvalue weighted by Gasteiger charge is 2.38. The van der Waals surface area contributed by atoms with Crippen molar-refractivity contribution in [3.05, 3.63) is 29.3 Å². The van der Waals surface area contributed by atoms with Gasteiger partial charge >= 0.3 is 13.1 Å². The van der Waals surface area contributed by atoms with Gasteiger partial charge in [0, 0.05) is 6.42 Å². The summed E-state index contributed by atoms with van der Waals surface area (Å²) in [7, 11) is -1.28. The predicted molar refractivity (Wildman–Crippen MR) is 101 cm³/mol. The number of fused-ring (bicyclic) bond motifs is 1. The molecular weight excluding hydrogens is 349 g/mol. The number of aromatic carboxylic acids is 1. The van der Waals surface area contributed by atoms with Crippen LogP contribution in [0.1, 0.15) is 48.0 Å². The summed E-state index contributed by atoms with van der Waals surface area (Å²) in [6.07, 6.45) is 5.74. The average Bonchev–Trinajstić information content (AvgIpc) is 2.63. The lowest BCUT2D eigenvalue weighted by Gasteiger charge is -2.30. The molecule has 1 fully saturated rings. The van der Waals surface area contributed by atoms with Crippen molar-refractivity contribution >= 4 is 25.3 Å². The predicted octanol–water partition coefficient (Wildman–Crippen LogP) is 0.760. The Morgan fingerprint density at radius 1 is 1.33 bits per heavy atom. The minimum atomic E-state index is -1.28. The fourth-order valence-electron chi connectivity index (χ4n) is 3.86. The summed E-state index contributed by atoms with van der Waals surface area (Å²) in [6.45, 7) is 0. The zero-order valence-corrected chi connectivity index (χ0v) is 15.0. The number of hydrogen-bond donors (Lipinski definition) is 4. The Hall–Kier alpha value is -2.55. The van der Waals surface area contributed by atoms with E-state index in [1.807, 2.05) is 0 Å². The fraction of sp³-hybridized carbons (Fsp3) is 0.500. The number of carboxylic acid groups (broad SMARTS) is 1. The summed E-state index contributed by atoms with van der Waals surface area (Å²) in [5.74, 6) is -1.39. The zero-order chi connectivity index (χ0) is 19.4. The van der Waals surface area contributed by atoms with Crippen molar-refractivity contribution in [3.8, 4) is 5.75 Å². The minimum Gasteiger partial charge on any atom is -0.534 e. The van der Waals surface area contributed by atoms with Gasteiger partial charge in [0.05, 0.1) is 23.9 Å². The number of nitrogens with zero attached hydrogens (tertiary/aromatic N) is 1. The molecule has 0 radical (unpaired) electrons. The second kappa shape index (κ2) is 8.43. The number of carbonyl (C=O) groups excluding carboxylic acids is 1. The van der Waals surface area contributed by atoms with Gasteiger partial charge in [-0.2, -0.15) is 0 Å². The Balaban J connectivity index is 1.56. The first-order chi connectivity index (χ1) is 13.0. The number of benzene rings is 1. The van der Waals surface area contributed by atoms with Gasteiger partial charge in [-0.1, -0.05) is 12.1 Å². The van der Waals surface area contributed by atoms with Gasteiger partial charge in [0.2, 0.25) is 5.91 Å². The van der Waals surface area contributed by atoms with Gasteiger partial charge in [0.25, 0.3) is 0 Å². The number of hydrogen-bond acceptors (Lipinski definition) is 5. The molecule has 0 bridgehead atoms. The number of carbonyl (C=O) groups is 2. The first-order valence-corrected chi connectivity index (χ1v) is 9.20. The monoisotopic (exact) mass is 373 g/mol. The number of amides is 1. The number of rotatable bonds is 5. The van der Waals surface area contributed by atoms with Crippen molar-refractivity contribution < 1.29 is 24.4 Å². The Kier molecular flexibility index (Phi) is 6.00. The lowest BCUT2D eigenvalue weighted by Crippen LogP contribution is -2.53. The molecule has 2 aliphatic rings. The van der Waals surface area contributed by atoms with E-state index in [1.54, 1.807) is 12.1 Å². The second-order valence-electron chi connectivity index (χ2n) is 7.16. The van der Waals surface area contributed by atoms with E-state index in [2.05, 4.69) is 10.3 Å². The van der Waals surface area contributed by atoms with Crippen LogP contribution < -0.4 is 15.7 Å². The molecule has 0 saturated heterocycles. The maximum Gasteiger partial charge on any atom is 0.547 e. The van der Waals surface area contributed by atoms with Crippen molar-refractivity contribution in [2.75, 3.05) is 0 Å². The van der Waals surface area contributed by atoms with Crippen LogP contribution >= 0.6 is 0 Å². The minimum absolute atomic E-state index is 0.00762. The maximum absolute atomic E-state index is 12.4. The third kappa shape index (κ3) is 4.60. The fourth-order valence-corrected chi connectivity index (χ4v) is 3.86. The van der Waals surface area contributed by atoms with E-state index in [-0.39, 0.29) is 23.3 Å². The molecule has 1 aliphatic heterocycles. The van der Waals surface area contributed by atoms with Gasteiger partial charge in [-0.25, -0.2) is 4.79 Å². The summed E-state index contributed by atoms with van der Waals surface area (Å²) in [5.41, 5.74) is 5.99. The molecule has 27 heavy (non-hydrogen) atoms. The SMILES string of the molecule is NC=NC1CCC(CC(=O)N[C@H]2Cc3cccc(C(=O)O)c3OB2O)CC1. The molecule has 1 aromatic carbocycles. The molecule has 1 atom stereocenters. The molecule has 0 unspecified atom stereocenters. The zero-order valence-electron chi connectivity index (χ0n) is 15.0. The molecule has 8 nitrogen and oxygen atoms in total. The van der Waals surface area contributed by atoms with Gasteiger partial charge < -0.3 is 25.8 Å². The molecule has 1 aliphatic carbocycles. The van der Waals surface area contributed by atoms with Crippen LogP contribution in [-0.2, 0) is 11.2 Å². The Bertz CT molecular complexity index is 734. The molecule has 0 spiro atoms. The van der Waals surface area contributed by atoms with E-state index < -0.39 is 19.0 Å². The molecule has 1 saturated carbocycles. The average molecular weight is 373 g/mol. The van der Waals surface area contributed by atoms with Gasteiger partial charge in [0.15, 0.2) is 0 Å². The topological polar surface area (TPSA) is 134 Å². The normalized spacial score (nSPS) is 24.9. The summed E-state index contributed by atoms with van der Waals surface area (Å²) in [5, 5.41) is 22.3. The highest BCUT2D eigenvalue weighted by molar-refractivity contribution is 6.47. The summed E-state index contributed by atoms with van der Waals surface area (Å²) < 4.78 is 5.40. The molecule has 5 N–H and O–H groups in total. The van der Waals surface area contributed by atoms with Gasteiger partial charge in [-0.15, -0.1) is 0 Å². The Morgan fingerprint density at radius 3 is 2.74 bits per heavy atom. The van der Waals surface area contributed by atoms with Crippen LogP contribution in [0.25, 0.3) is 0 Å². The molecule has 0 aromatic heterocycles. The van der Waals surface area contributed by atoms with Crippen molar-refractivity contribution in [2.24, 2.45) is 16.6 Å². The van der Waals surface area contributed by atoms with E-state index in [0.717, 1.165) is 25.7 Å². The van der Waals surface area contributed by atoms with Crippen LogP contribution in [0.3, 0.4) is 0 Å². The number of carboxylic acids is 1. The van der Waals surface area contributed by atoms with Gasteiger partial charge in [-0.3, -0.25) is 9.79 Å². The highest BCUT2D eigenvalue weighted by Crippen LogP contribution is 2.31. The van der Waals surface area contributed by atoms with Gasteiger partial charge in [-0.05, 0) is 49.7 Å². The Labute approximate surface area is 158 Å². The standard InChI is InChI=1S/C18H24BN3O5/c20-10-21-13-6-4-11(5-7-13)8-16(23)22-15-9-12-2-1-3-14(18(24)25)17(12)27-19(15)26/h1-3,10-11,13,15,26H,4-9H2,(H2,20,21)(H,22,23)(H,24,25)/t11?,13?,15-/m0/s1. The van der Waals surface area contributed by atoms with E-state index in [9.17, 15) is 19.7 Å². The summed E-state index contributed by atoms with van der Waals surface area (Å²) in [4.78, 5) is 27.9. The Morgan fingerprint density at radius 2 is 2.07 bits per heavy atom. The van der Waals surface area contributed by atoms with Gasteiger partial charge in [0.1, 0.15) is 5.75 Å². The summed E-state index contributed by atoms with van der Waals surface area (Å²) in [6, 6.07) is 5.05. The molecule has 1 aromatic rings. The smallest absolute Gasteiger partial charge is 0.534 e. The largest absolute Gasteiger partial charge is 0.547 e. The van der Waals surface area contributed by atoms with E-state index in [4.69, 9.17) is 10.4 Å². The van der Waals surface area contributed by atoms with Crippen molar-refractivity contribution in [1.29, 1.82) is 0 Å². The first-order valence-electron chi connectivity index (χ1n) is 9.20. The molecule has 144 valence electrons. The highest BCUT2D eigenvalue weighted by atomic mass is 16.5. The number of nitrogens with two attached hydrogens (primary N) is 1. The van der Waals surface area contributed by atoms with Crippen LogP contribution in [0, 0.1) is 5.92 Å². The van der Waals surface area contributed by atoms with Crippen LogP contribution in [0.15, 0.2) is 23.2 Å². The van der Waals surface area contributed by atoms with Crippen molar-refractivity contribution in [1.82, 2.24) is 5.32 Å². The van der Waals surface area contributed by atoms with E-state index in [0.29, 0.717) is 24.3 Å². The third-order valence-electron chi connectivity index (χ3n) is 5.28. The molecule has 1 heterocycles. The number of aliphatic imine (C=N–C) groups is 1. The quantitative estimate of drug-likeness (QED) is 0.342. The van der Waals surface area contributed by atoms with Crippen molar-refractivity contribution in [2.45, 2.75) is 50.5 Å². The van der Waals surface area contributed by atoms with Crippen LogP contribution in [0.2, 0.25) is 0 Å². The lowest BCUT2D eigenvalue weighted by atomic mass is 9.72. The lowest BCUT2D eigenvalue weighted by molar-refractivity contribution is -0.122. The number of nitrogens with one attached hydrogen (secondary N) is 1. The molecular formula is C18H24BN3O5. The maximum atomic E-state index is 12.4. The van der Waals surface area contributed by atoms with Crippen LogP contribution in [0.4, 0.5) is 0 Å². The number of para-hydroxylation sites is 1. The van der Waals surface area contributed by atoms with Crippen LogP contribution in [-0.4, -0.2) is 47.4 Å².